The summed E-state index contributed by atoms with van der Waals surface area (Å²) in [5.41, 5.74) is 2.86. The third-order valence-electron chi connectivity index (χ3n) is 5.43. The lowest BCUT2D eigenvalue weighted by molar-refractivity contribution is 0.0536. The van der Waals surface area contributed by atoms with E-state index in [2.05, 4.69) is 55.1 Å². The van der Waals surface area contributed by atoms with Crippen LogP contribution in [0.15, 0.2) is 48.6 Å². The Balaban J connectivity index is 1.29. The Hall–Kier alpha value is -1.16. The van der Waals surface area contributed by atoms with E-state index in [-0.39, 0.29) is 0 Å². The predicted molar refractivity (Wildman–Crippen MR) is 94.4 cm³/mol. The number of fused-ring (bicyclic) bond motifs is 2. The van der Waals surface area contributed by atoms with Crippen LogP contribution in [0, 0.1) is 11.8 Å². The Morgan fingerprint density at radius 2 is 1.96 bits per heavy atom. The summed E-state index contributed by atoms with van der Waals surface area (Å²) < 4.78 is 12.6. The van der Waals surface area contributed by atoms with E-state index < -0.39 is 9.04 Å². The van der Waals surface area contributed by atoms with E-state index in [9.17, 15) is 0 Å². The highest BCUT2D eigenvalue weighted by molar-refractivity contribution is 6.50. The van der Waals surface area contributed by atoms with Gasteiger partial charge in [0.25, 0.3) is 0 Å². The van der Waals surface area contributed by atoms with Crippen molar-refractivity contribution >= 4 is 9.04 Å². The summed E-state index contributed by atoms with van der Waals surface area (Å²) in [6, 6.07) is 8.72. The average molecular weight is 326 g/mol. The van der Waals surface area contributed by atoms with Crippen molar-refractivity contribution in [3.05, 3.63) is 59.7 Å². The molecule has 0 N–H and O–H groups in total. The van der Waals surface area contributed by atoms with Crippen molar-refractivity contribution in [2.45, 2.75) is 44.4 Å². The highest BCUT2D eigenvalue weighted by atomic mass is 28.3. The first-order valence-corrected chi connectivity index (χ1v) is 11.0. The molecule has 3 aliphatic carbocycles. The first-order chi connectivity index (χ1) is 11.3. The summed E-state index contributed by atoms with van der Waals surface area (Å²) in [4.78, 5) is 0. The van der Waals surface area contributed by atoms with E-state index >= 15 is 0 Å². The van der Waals surface area contributed by atoms with Crippen molar-refractivity contribution in [1.82, 2.24) is 0 Å². The van der Waals surface area contributed by atoms with Crippen LogP contribution < -0.4 is 0 Å². The summed E-state index contributed by atoms with van der Waals surface area (Å²) in [5, 5.41) is 0. The summed E-state index contributed by atoms with van der Waals surface area (Å²) in [6.45, 7) is 2.24. The van der Waals surface area contributed by atoms with Crippen LogP contribution >= 0.6 is 0 Å². The minimum Gasteiger partial charge on any atom is -0.408 e. The second kappa shape index (κ2) is 6.76. The van der Waals surface area contributed by atoms with Gasteiger partial charge in [-0.15, -0.1) is 0 Å². The Labute approximate surface area is 140 Å². The largest absolute Gasteiger partial charge is 0.408 e. The van der Waals surface area contributed by atoms with Crippen molar-refractivity contribution in [3.8, 4) is 0 Å². The van der Waals surface area contributed by atoms with Crippen molar-refractivity contribution in [2.24, 2.45) is 11.8 Å². The SMILES string of the molecule is C[Si](COC1CCC2C=CC=CC21)OC1CCc2ccccc21. The molecule has 2 nitrogen and oxygen atoms in total. The molecular weight excluding hydrogens is 300 g/mol. The van der Waals surface area contributed by atoms with E-state index in [0.717, 1.165) is 19.1 Å². The van der Waals surface area contributed by atoms with Gasteiger partial charge in [0.15, 0.2) is 0 Å². The van der Waals surface area contributed by atoms with E-state index in [1.54, 1.807) is 0 Å². The smallest absolute Gasteiger partial charge is 0.235 e. The summed E-state index contributed by atoms with van der Waals surface area (Å²) in [6.07, 6.45) is 15.2. The standard InChI is InChI=1S/C20H25O2Si/c1-23(22-20-13-11-16-7-3-5-9-18(16)20)14-21-19-12-10-15-6-2-4-8-17(15)19/h2-9,15,17,19-20H,10-14H2,1H3. The number of allylic oxidation sites excluding steroid dienone is 3. The van der Waals surface area contributed by atoms with E-state index in [4.69, 9.17) is 9.16 Å². The second-order valence-corrected chi connectivity index (χ2v) is 8.91. The van der Waals surface area contributed by atoms with Crippen LogP contribution in [0.25, 0.3) is 0 Å². The molecule has 0 bridgehead atoms. The molecule has 0 spiro atoms. The number of rotatable bonds is 5. The van der Waals surface area contributed by atoms with Crippen molar-refractivity contribution in [1.29, 1.82) is 0 Å². The molecule has 3 aliphatic rings. The number of aryl methyl sites for hydroxylation is 1. The van der Waals surface area contributed by atoms with Crippen LogP contribution in [-0.2, 0) is 15.6 Å². The highest BCUT2D eigenvalue weighted by Crippen LogP contribution is 2.38. The molecule has 1 aromatic carbocycles. The maximum absolute atomic E-state index is 6.38. The molecule has 23 heavy (non-hydrogen) atoms. The lowest BCUT2D eigenvalue weighted by atomic mass is 9.91. The third kappa shape index (κ3) is 3.23. The highest BCUT2D eigenvalue weighted by Gasteiger charge is 2.35. The molecule has 1 radical (unpaired) electrons. The number of ether oxygens (including phenoxy) is 1. The van der Waals surface area contributed by atoms with Crippen LogP contribution in [-0.4, -0.2) is 21.4 Å². The van der Waals surface area contributed by atoms with E-state index in [0.29, 0.717) is 24.0 Å². The Morgan fingerprint density at radius 1 is 1.09 bits per heavy atom. The van der Waals surface area contributed by atoms with Gasteiger partial charge in [-0.3, -0.25) is 0 Å². The van der Waals surface area contributed by atoms with Crippen LogP contribution in [0.4, 0.5) is 0 Å². The fraction of sp³-hybridized carbons (Fsp3) is 0.500. The molecule has 0 amide bonds. The molecular formula is C20H25O2Si. The summed E-state index contributed by atoms with van der Waals surface area (Å²) in [5.74, 6) is 1.28. The maximum atomic E-state index is 6.38. The summed E-state index contributed by atoms with van der Waals surface area (Å²) >= 11 is 0. The fourth-order valence-corrected chi connectivity index (χ4v) is 5.49. The van der Waals surface area contributed by atoms with Crippen LogP contribution in [0.3, 0.4) is 0 Å². The second-order valence-electron chi connectivity index (χ2n) is 6.98. The van der Waals surface area contributed by atoms with Gasteiger partial charge in [-0.25, -0.2) is 0 Å². The van der Waals surface area contributed by atoms with Gasteiger partial charge < -0.3 is 9.16 Å². The molecule has 0 saturated heterocycles. The topological polar surface area (TPSA) is 18.5 Å². The zero-order valence-electron chi connectivity index (χ0n) is 13.8. The van der Waals surface area contributed by atoms with Crippen molar-refractivity contribution in [2.75, 3.05) is 6.23 Å². The molecule has 0 aromatic heterocycles. The maximum Gasteiger partial charge on any atom is 0.235 e. The van der Waals surface area contributed by atoms with E-state index in [1.165, 1.54) is 24.0 Å². The van der Waals surface area contributed by atoms with E-state index in [1.807, 2.05) is 0 Å². The molecule has 1 fully saturated rings. The van der Waals surface area contributed by atoms with Crippen LogP contribution in [0.2, 0.25) is 6.55 Å². The molecule has 0 aliphatic heterocycles. The minimum atomic E-state index is -0.903. The number of hydrogen-bond donors (Lipinski definition) is 0. The van der Waals surface area contributed by atoms with Gasteiger partial charge in [-0.1, -0.05) is 48.6 Å². The third-order valence-corrected chi connectivity index (χ3v) is 6.69. The van der Waals surface area contributed by atoms with Gasteiger partial charge in [-0.2, -0.15) is 0 Å². The lowest BCUT2D eigenvalue weighted by Gasteiger charge is -2.24. The number of benzene rings is 1. The van der Waals surface area contributed by atoms with Gasteiger partial charge in [-0.05, 0) is 49.3 Å². The summed E-state index contributed by atoms with van der Waals surface area (Å²) in [7, 11) is -0.903. The molecule has 1 aromatic rings. The molecule has 4 unspecified atom stereocenters. The molecule has 121 valence electrons. The van der Waals surface area contributed by atoms with Gasteiger partial charge in [0.05, 0.1) is 18.4 Å². The predicted octanol–water partition coefficient (Wildman–Crippen LogP) is 4.39. The number of hydrogen-bond acceptors (Lipinski definition) is 2. The monoisotopic (exact) mass is 325 g/mol. The van der Waals surface area contributed by atoms with Gasteiger partial charge in [0.2, 0.25) is 9.04 Å². The van der Waals surface area contributed by atoms with Crippen molar-refractivity contribution < 1.29 is 9.16 Å². The van der Waals surface area contributed by atoms with Crippen molar-refractivity contribution in [3.63, 3.8) is 0 Å². The first-order valence-electron chi connectivity index (χ1n) is 8.85. The zero-order valence-corrected chi connectivity index (χ0v) is 14.8. The zero-order chi connectivity index (χ0) is 15.6. The van der Waals surface area contributed by atoms with Gasteiger partial charge in [0, 0.05) is 5.92 Å². The Bertz CT molecular complexity index is 609. The minimum absolute atomic E-state index is 0.294. The van der Waals surface area contributed by atoms with Crippen LogP contribution in [0.5, 0.6) is 0 Å². The molecule has 3 heteroatoms. The Kier molecular flexibility index (Phi) is 4.51. The molecule has 4 atom stereocenters. The fourth-order valence-electron chi connectivity index (χ4n) is 4.24. The average Bonchev–Trinajstić information content (AvgIpc) is 3.18. The lowest BCUT2D eigenvalue weighted by Crippen LogP contribution is -2.29. The first kappa shape index (κ1) is 15.4. The van der Waals surface area contributed by atoms with Gasteiger partial charge in [0.1, 0.15) is 0 Å². The Morgan fingerprint density at radius 3 is 2.91 bits per heavy atom. The molecule has 4 rings (SSSR count). The van der Waals surface area contributed by atoms with Crippen LogP contribution in [0.1, 0.15) is 36.5 Å². The molecule has 1 saturated carbocycles. The normalized spacial score (nSPS) is 31.6. The molecule has 0 heterocycles. The quantitative estimate of drug-likeness (QED) is 0.748. The van der Waals surface area contributed by atoms with Gasteiger partial charge >= 0.3 is 0 Å².